The van der Waals surface area contributed by atoms with Gasteiger partial charge in [0.15, 0.2) is 5.16 Å². The third kappa shape index (κ3) is 4.19. The molecule has 3 aromatic rings. The summed E-state index contributed by atoms with van der Waals surface area (Å²) < 4.78 is 7.09. The molecule has 0 N–H and O–H groups in total. The summed E-state index contributed by atoms with van der Waals surface area (Å²) in [6.07, 6.45) is 6.61. The van der Waals surface area contributed by atoms with Crippen LogP contribution < -0.4 is 5.56 Å². The molecule has 4 nitrogen and oxygen atoms in total. The number of aryl methyl sites for hydroxylation is 3. The standard InChI is InChI=1S/C22H26N2O2S2/c1-26-14-13-24-21(25)19-17-11-5-6-12-18(17)28-20(19)23-22(24)27-15-7-10-16-8-3-2-4-9-16/h2-4,8-9H,5-7,10-15H2,1H3. The van der Waals surface area contributed by atoms with Gasteiger partial charge in [-0.25, -0.2) is 4.98 Å². The van der Waals surface area contributed by atoms with Crippen LogP contribution in [0.1, 0.15) is 35.3 Å². The molecule has 0 radical (unpaired) electrons. The Morgan fingerprint density at radius 1 is 1.21 bits per heavy atom. The largest absolute Gasteiger partial charge is 0.383 e. The van der Waals surface area contributed by atoms with E-state index in [2.05, 4.69) is 24.3 Å². The molecule has 0 amide bonds. The predicted octanol–water partition coefficient (Wildman–Crippen LogP) is 4.71. The minimum absolute atomic E-state index is 0.118. The fraction of sp³-hybridized carbons (Fsp3) is 0.455. The lowest BCUT2D eigenvalue weighted by Crippen LogP contribution is -2.25. The highest BCUT2D eigenvalue weighted by molar-refractivity contribution is 7.99. The first-order valence-electron chi connectivity index (χ1n) is 9.98. The molecule has 0 spiro atoms. The van der Waals surface area contributed by atoms with Crippen LogP contribution >= 0.6 is 23.1 Å². The summed E-state index contributed by atoms with van der Waals surface area (Å²) in [5.41, 5.74) is 2.73. The van der Waals surface area contributed by atoms with Gasteiger partial charge in [-0.15, -0.1) is 11.3 Å². The van der Waals surface area contributed by atoms with E-state index < -0.39 is 0 Å². The van der Waals surface area contributed by atoms with E-state index in [1.807, 2.05) is 10.6 Å². The molecule has 28 heavy (non-hydrogen) atoms. The number of thiophene rings is 1. The SMILES string of the molecule is COCCn1c(SCCCc2ccccc2)nc2sc3c(c2c1=O)CCCC3. The zero-order valence-electron chi connectivity index (χ0n) is 16.3. The smallest absolute Gasteiger partial charge is 0.263 e. The fourth-order valence-corrected chi connectivity index (χ4v) is 6.06. The van der Waals surface area contributed by atoms with Crippen LogP contribution in [0.5, 0.6) is 0 Å². The molecule has 0 unspecified atom stereocenters. The first kappa shape index (κ1) is 19.7. The molecule has 0 saturated carbocycles. The van der Waals surface area contributed by atoms with Crippen molar-refractivity contribution in [2.45, 2.75) is 50.2 Å². The Morgan fingerprint density at radius 2 is 2.04 bits per heavy atom. The molecule has 2 heterocycles. The predicted molar refractivity (Wildman–Crippen MR) is 118 cm³/mol. The lowest BCUT2D eigenvalue weighted by molar-refractivity contribution is 0.183. The molecule has 4 rings (SSSR count). The number of hydrogen-bond acceptors (Lipinski definition) is 5. The molecule has 1 aliphatic carbocycles. The maximum Gasteiger partial charge on any atom is 0.263 e. The fourth-order valence-electron chi connectivity index (χ4n) is 3.79. The highest BCUT2D eigenvalue weighted by Crippen LogP contribution is 2.34. The van der Waals surface area contributed by atoms with Gasteiger partial charge >= 0.3 is 0 Å². The number of nitrogens with zero attached hydrogens (tertiary/aromatic N) is 2. The van der Waals surface area contributed by atoms with E-state index in [0.717, 1.165) is 46.8 Å². The van der Waals surface area contributed by atoms with Crippen molar-refractivity contribution in [2.24, 2.45) is 0 Å². The summed E-state index contributed by atoms with van der Waals surface area (Å²) in [6.45, 7) is 1.08. The molecule has 148 valence electrons. The van der Waals surface area contributed by atoms with Gasteiger partial charge in [0.2, 0.25) is 0 Å². The highest BCUT2D eigenvalue weighted by atomic mass is 32.2. The summed E-state index contributed by atoms with van der Waals surface area (Å²) >= 11 is 3.42. The molecule has 0 bridgehead atoms. The molecule has 6 heteroatoms. The second-order valence-electron chi connectivity index (χ2n) is 7.17. The third-order valence-corrected chi connectivity index (χ3v) is 7.49. The van der Waals surface area contributed by atoms with E-state index >= 15 is 0 Å². The summed E-state index contributed by atoms with van der Waals surface area (Å²) in [5.74, 6) is 0.949. The average Bonchev–Trinajstić information content (AvgIpc) is 3.10. The maximum atomic E-state index is 13.3. The highest BCUT2D eigenvalue weighted by Gasteiger charge is 2.22. The monoisotopic (exact) mass is 414 g/mol. The van der Waals surface area contributed by atoms with Crippen molar-refractivity contribution in [1.82, 2.24) is 9.55 Å². The summed E-state index contributed by atoms with van der Waals surface area (Å²) in [5, 5.41) is 1.70. The summed E-state index contributed by atoms with van der Waals surface area (Å²) in [6, 6.07) is 10.5. The molecular formula is C22H26N2O2S2. The number of hydrogen-bond donors (Lipinski definition) is 0. The zero-order valence-corrected chi connectivity index (χ0v) is 17.9. The third-order valence-electron chi connectivity index (χ3n) is 5.24. The van der Waals surface area contributed by atoms with Gasteiger partial charge in [-0.3, -0.25) is 9.36 Å². The van der Waals surface area contributed by atoms with Crippen LogP contribution in [0.2, 0.25) is 0 Å². The summed E-state index contributed by atoms with van der Waals surface area (Å²) in [7, 11) is 1.68. The Hall–Kier alpha value is -1.63. The van der Waals surface area contributed by atoms with Crippen molar-refractivity contribution in [3.8, 4) is 0 Å². The Labute approximate surface area is 174 Å². The molecule has 1 aliphatic rings. The van der Waals surface area contributed by atoms with E-state index in [9.17, 15) is 4.79 Å². The normalized spacial score (nSPS) is 13.8. The van der Waals surface area contributed by atoms with Crippen LogP contribution in [-0.4, -0.2) is 29.0 Å². The number of methoxy groups -OCH3 is 1. The number of benzene rings is 1. The van der Waals surface area contributed by atoms with Gasteiger partial charge in [-0.1, -0.05) is 42.1 Å². The van der Waals surface area contributed by atoms with Crippen LogP contribution in [0.15, 0.2) is 40.3 Å². The lowest BCUT2D eigenvalue weighted by atomic mass is 9.97. The van der Waals surface area contributed by atoms with E-state index in [1.54, 1.807) is 30.2 Å². The minimum atomic E-state index is 0.118. The number of thioether (sulfide) groups is 1. The first-order chi connectivity index (χ1) is 13.8. The Kier molecular flexibility index (Phi) is 6.50. The lowest BCUT2D eigenvalue weighted by Gasteiger charge is -2.13. The van der Waals surface area contributed by atoms with Gasteiger partial charge in [0, 0.05) is 17.7 Å². The molecule has 2 aromatic heterocycles. The number of rotatable bonds is 8. The van der Waals surface area contributed by atoms with Crippen molar-refractivity contribution < 1.29 is 4.74 Å². The van der Waals surface area contributed by atoms with Crippen LogP contribution in [0.3, 0.4) is 0 Å². The molecule has 0 saturated heterocycles. The van der Waals surface area contributed by atoms with Gasteiger partial charge in [-0.05, 0) is 49.7 Å². The number of fused-ring (bicyclic) bond motifs is 3. The second kappa shape index (κ2) is 9.25. The average molecular weight is 415 g/mol. The van der Waals surface area contributed by atoms with Gasteiger partial charge in [0.25, 0.3) is 5.56 Å². The van der Waals surface area contributed by atoms with E-state index in [1.165, 1.54) is 28.8 Å². The van der Waals surface area contributed by atoms with E-state index in [0.29, 0.717) is 13.2 Å². The van der Waals surface area contributed by atoms with Crippen LogP contribution in [0, 0.1) is 0 Å². The quantitative estimate of drug-likeness (QED) is 0.304. The Morgan fingerprint density at radius 3 is 2.86 bits per heavy atom. The number of ether oxygens (including phenoxy) is 1. The topological polar surface area (TPSA) is 44.1 Å². The number of aromatic nitrogens is 2. The van der Waals surface area contributed by atoms with Gasteiger partial charge in [0.1, 0.15) is 4.83 Å². The van der Waals surface area contributed by atoms with Crippen LogP contribution in [0.4, 0.5) is 0 Å². The van der Waals surface area contributed by atoms with Crippen molar-refractivity contribution in [1.29, 1.82) is 0 Å². The maximum absolute atomic E-state index is 13.3. The summed E-state index contributed by atoms with van der Waals surface area (Å²) in [4.78, 5) is 20.5. The molecule has 0 aliphatic heterocycles. The minimum Gasteiger partial charge on any atom is -0.383 e. The van der Waals surface area contributed by atoms with E-state index in [4.69, 9.17) is 9.72 Å². The van der Waals surface area contributed by atoms with Crippen molar-refractivity contribution in [3.05, 3.63) is 56.7 Å². The van der Waals surface area contributed by atoms with E-state index in [-0.39, 0.29) is 5.56 Å². The molecule has 1 aromatic carbocycles. The molecule has 0 fully saturated rings. The Balaban J connectivity index is 1.58. The first-order valence-corrected chi connectivity index (χ1v) is 11.8. The second-order valence-corrected chi connectivity index (χ2v) is 9.32. The molecule has 0 atom stereocenters. The van der Waals surface area contributed by atoms with Gasteiger partial charge < -0.3 is 4.74 Å². The molecular weight excluding hydrogens is 388 g/mol. The van der Waals surface area contributed by atoms with Crippen molar-refractivity contribution >= 4 is 33.3 Å². The Bertz CT molecular complexity index is 995. The van der Waals surface area contributed by atoms with Crippen LogP contribution in [0.25, 0.3) is 10.2 Å². The van der Waals surface area contributed by atoms with Crippen molar-refractivity contribution in [3.63, 3.8) is 0 Å². The zero-order chi connectivity index (χ0) is 19.3. The van der Waals surface area contributed by atoms with Crippen molar-refractivity contribution in [2.75, 3.05) is 19.5 Å². The van der Waals surface area contributed by atoms with Gasteiger partial charge in [0.05, 0.1) is 18.5 Å². The van der Waals surface area contributed by atoms with Gasteiger partial charge in [-0.2, -0.15) is 0 Å². The van der Waals surface area contributed by atoms with Crippen LogP contribution in [-0.2, 0) is 30.5 Å².